The molecule has 3 N–H and O–H groups in total. The number of hydrogen-bond donors (Lipinski definition) is 2. The van der Waals surface area contributed by atoms with Crippen molar-refractivity contribution in [2.75, 3.05) is 6.54 Å². The lowest BCUT2D eigenvalue weighted by Gasteiger charge is -2.14. The van der Waals surface area contributed by atoms with Crippen LogP contribution in [0.1, 0.15) is 17.4 Å². The minimum absolute atomic E-state index is 0.292. The van der Waals surface area contributed by atoms with Crippen LogP contribution < -0.4 is 5.73 Å². The van der Waals surface area contributed by atoms with Crippen LogP contribution >= 0.6 is 0 Å². The molecule has 1 heterocycles. The van der Waals surface area contributed by atoms with Gasteiger partial charge in [-0.1, -0.05) is 0 Å². The van der Waals surface area contributed by atoms with Crippen LogP contribution in [0.25, 0.3) is 0 Å². The Hall–Kier alpha value is -1.14. The average Bonchev–Trinajstić information content (AvgIpc) is 2.15. The number of nitrogens with zero attached hydrogens (tertiary/aromatic N) is 1. The SMILES string of the molecule is NC[C@H](O)c1ncccc1C(F)(F)F. The van der Waals surface area contributed by atoms with Crippen molar-refractivity contribution < 1.29 is 18.3 Å². The van der Waals surface area contributed by atoms with Crippen molar-refractivity contribution in [2.24, 2.45) is 5.73 Å². The third kappa shape index (κ3) is 2.21. The minimum Gasteiger partial charge on any atom is -0.385 e. The fourth-order valence-corrected chi connectivity index (χ4v) is 1.03. The summed E-state index contributed by atoms with van der Waals surface area (Å²) in [5, 5.41) is 9.19. The highest BCUT2D eigenvalue weighted by atomic mass is 19.4. The van der Waals surface area contributed by atoms with E-state index in [0.717, 1.165) is 12.1 Å². The highest BCUT2D eigenvalue weighted by Gasteiger charge is 2.35. The number of halogens is 3. The van der Waals surface area contributed by atoms with E-state index in [0.29, 0.717) is 0 Å². The maximum Gasteiger partial charge on any atom is 0.418 e. The molecule has 0 aliphatic carbocycles. The second kappa shape index (κ2) is 3.93. The first-order chi connectivity index (χ1) is 6.46. The van der Waals surface area contributed by atoms with Gasteiger partial charge in [0.2, 0.25) is 0 Å². The minimum atomic E-state index is -4.51. The third-order valence-electron chi connectivity index (χ3n) is 1.68. The molecule has 0 aromatic carbocycles. The molecule has 1 rings (SSSR count). The van der Waals surface area contributed by atoms with Crippen molar-refractivity contribution in [1.29, 1.82) is 0 Å². The first kappa shape index (κ1) is 10.9. The Bertz CT molecular complexity index is 314. The summed E-state index contributed by atoms with van der Waals surface area (Å²) in [5.74, 6) is 0. The molecule has 0 fully saturated rings. The Kier molecular flexibility index (Phi) is 3.07. The molecule has 0 spiro atoms. The number of aromatic nitrogens is 1. The van der Waals surface area contributed by atoms with E-state index in [1.807, 2.05) is 0 Å². The van der Waals surface area contributed by atoms with E-state index < -0.39 is 23.5 Å². The zero-order chi connectivity index (χ0) is 10.8. The molecule has 1 aromatic heterocycles. The van der Waals surface area contributed by atoms with E-state index in [1.54, 1.807) is 0 Å². The molecule has 0 amide bonds. The van der Waals surface area contributed by atoms with Crippen molar-refractivity contribution in [1.82, 2.24) is 4.98 Å². The van der Waals surface area contributed by atoms with Gasteiger partial charge in [-0.2, -0.15) is 13.2 Å². The summed E-state index contributed by atoms with van der Waals surface area (Å²) >= 11 is 0. The first-order valence-electron chi connectivity index (χ1n) is 3.87. The maximum atomic E-state index is 12.4. The first-order valence-corrected chi connectivity index (χ1v) is 3.87. The van der Waals surface area contributed by atoms with Gasteiger partial charge in [0.15, 0.2) is 0 Å². The molecule has 1 aromatic rings. The molecule has 0 radical (unpaired) electrons. The summed E-state index contributed by atoms with van der Waals surface area (Å²) < 4.78 is 37.1. The summed E-state index contributed by atoms with van der Waals surface area (Å²) in [6.07, 6.45) is -4.71. The fraction of sp³-hybridized carbons (Fsp3) is 0.375. The van der Waals surface area contributed by atoms with Crippen LogP contribution in [-0.2, 0) is 6.18 Å². The van der Waals surface area contributed by atoms with Gasteiger partial charge in [0.1, 0.15) is 6.10 Å². The Balaban J connectivity index is 3.16. The number of pyridine rings is 1. The molecule has 1 atom stereocenters. The van der Waals surface area contributed by atoms with Gasteiger partial charge in [-0.3, -0.25) is 4.98 Å². The molecule has 3 nitrogen and oxygen atoms in total. The number of alkyl halides is 3. The van der Waals surface area contributed by atoms with Gasteiger partial charge in [0.25, 0.3) is 0 Å². The van der Waals surface area contributed by atoms with Gasteiger partial charge in [-0.05, 0) is 12.1 Å². The Labute approximate surface area is 78.4 Å². The van der Waals surface area contributed by atoms with E-state index in [4.69, 9.17) is 5.73 Å². The normalized spacial score (nSPS) is 14.1. The van der Waals surface area contributed by atoms with Crippen molar-refractivity contribution in [3.63, 3.8) is 0 Å². The van der Waals surface area contributed by atoms with Crippen LogP contribution in [0.15, 0.2) is 18.3 Å². The van der Waals surface area contributed by atoms with Crippen LogP contribution in [0.5, 0.6) is 0 Å². The van der Waals surface area contributed by atoms with E-state index in [9.17, 15) is 18.3 Å². The van der Waals surface area contributed by atoms with E-state index >= 15 is 0 Å². The smallest absolute Gasteiger partial charge is 0.385 e. The van der Waals surface area contributed by atoms with Gasteiger partial charge in [-0.15, -0.1) is 0 Å². The third-order valence-corrected chi connectivity index (χ3v) is 1.68. The Morgan fingerprint density at radius 3 is 2.64 bits per heavy atom. The van der Waals surface area contributed by atoms with Gasteiger partial charge in [0, 0.05) is 12.7 Å². The molecule has 0 aliphatic rings. The lowest BCUT2D eigenvalue weighted by atomic mass is 10.1. The van der Waals surface area contributed by atoms with Gasteiger partial charge >= 0.3 is 6.18 Å². The highest BCUT2D eigenvalue weighted by Crippen LogP contribution is 2.32. The summed E-state index contributed by atoms with van der Waals surface area (Å²) in [6, 6.07) is 2.02. The quantitative estimate of drug-likeness (QED) is 0.761. The monoisotopic (exact) mass is 206 g/mol. The van der Waals surface area contributed by atoms with Crippen molar-refractivity contribution >= 4 is 0 Å². The number of aliphatic hydroxyl groups is 1. The van der Waals surface area contributed by atoms with E-state index in [2.05, 4.69) is 4.98 Å². The van der Waals surface area contributed by atoms with Gasteiger partial charge in [0.05, 0.1) is 11.3 Å². The molecular weight excluding hydrogens is 197 g/mol. The summed E-state index contributed by atoms with van der Waals surface area (Å²) in [7, 11) is 0. The van der Waals surface area contributed by atoms with Crippen molar-refractivity contribution in [3.05, 3.63) is 29.6 Å². The molecule has 0 saturated carbocycles. The zero-order valence-corrected chi connectivity index (χ0v) is 7.12. The van der Waals surface area contributed by atoms with Crippen LogP contribution in [0.4, 0.5) is 13.2 Å². The predicted octanol–water partition coefficient (Wildman–Crippen LogP) is 1.09. The molecule has 0 aliphatic heterocycles. The Morgan fingerprint density at radius 1 is 1.50 bits per heavy atom. The molecule has 0 bridgehead atoms. The van der Waals surface area contributed by atoms with E-state index in [1.165, 1.54) is 6.20 Å². The lowest BCUT2D eigenvalue weighted by Crippen LogP contribution is -2.18. The number of rotatable bonds is 2. The average molecular weight is 206 g/mol. The fourth-order valence-electron chi connectivity index (χ4n) is 1.03. The maximum absolute atomic E-state index is 12.4. The Morgan fingerprint density at radius 2 is 2.14 bits per heavy atom. The lowest BCUT2D eigenvalue weighted by molar-refractivity contribution is -0.139. The van der Waals surface area contributed by atoms with E-state index in [-0.39, 0.29) is 6.54 Å². The molecule has 78 valence electrons. The van der Waals surface area contributed by atoms with Crippen LogP contribution in [0.2, 0.25) is 0 Å². The van der Waals surface area contributed by atoms with Crippen molar-refractivity contribution in [2.45, 2.75) is 12.3 Å². The largest absolute Gasteiger partial charge is 0.418 e. The molecule has 14 heavy (non-hydrogen) atoms. The molecule has 6 heteroatoms. The zero-order valence-electron chi connectivity index (χ0n) is 7.12. The van der Waals surface area contributed by atoms with Crippen LogP contribution in [0.3, 0.4) is 0 Å². The second-order valence-corrected chi connectivity index (χ2v) is 2.69. The standard InChI is InChI=1S/C8H9F3N2O/c9-8(10,11)5-2-1-3-13-7(5)6(14)4-12/h1-3,6,14H,4,12H2/t6-/m0/s1. The number of nitrogens with two attached hydrogens (primary N) is 1. The molecule has 0 saturated heterocycles. The summed E-state index contributed by atoms with van der Waals surface area (Å²) in [4.78, 5) is 3.47. The number of aliphatic hydroxyl groups excluding tert-OH is 1. The molecular formula is C8H9F3N2O. The van der Waals surface area contributed by atoms with Crippen LogP contribution in [-0.4, -0.2) is 16.6 Å². The second-order valence-electron chi connectivity index (χ2n) is 2.69. The summed E-state index contributed by atoms with van der Waals surface area (Å²) in [5.41, 5.74) is 3.68. The predicted molar refractivity (Wildman–Crippen MR) is 43.3 cm³/mol. The van der Waals surface area contributed by atoms with Gasteiger partial charge in [-0.25, -0.2) is 0 Å². The molecule has 0 unspecified atom stereocenters. The van der Waals surface area contributed by atoms with Crippen molar-refractivity contribution in [3.8, 4) is 0 Å². The van der Waals surface area contributed by atoms with Gasteiger partial charge < -0.3 is 10.8 Å². The number of hydrogen-bond acceptors (Lipinski definition) is 3. The summed E-state index contributed by atoms with van der Waals surface area (Å²) in [6.45, 7) is -0.292. The topological polar surface area (TPSA) is 59.1 Å². The van der Waals surface area contributed by atoms with Crippen LogP contribution in [0, 0.1) is 0 Å². The highest BCUT2D eigenvalue weighted by molar-refractivity contribution is 5.24.